The first kappa shape index (κ1) is 30.4. The summed E-state index contributed by atoms with van der Waals surface area (Å²) in [7, 11) is 4.26. The Morgan fingerprint density at radius 1 is 0.680 bits per heavy atom. The summed E-state index contributed by atoms with van der Waals surface area (Å²) in [6.45, 7) is 17.5. The van der Waals surface area contributed by atoms with Crippen molar-refractivity contribution in [3.8, 4) is 0 Å². The standard InChI is InChI=1S/C11H18N.C8H14N.I2.2H2S/c1-7-8(2)10(4)12(6)11(5)9(7)3;1-6-5-7(2)9(4)8(6)3;1-2;;/h1-6H3;5H2,1-4H3;;2*1H2/q2*+1;;;. The molecule has 6 heteroatoms. The summed E-state index contributed by atoms with van der Waals surface area (Å²) < 4.78 is 4.52. The van der Waals surface area contributed by atoms with Gasteiger partial charge in [0.2, 0.25) is 0 Å². The van der Waals surface area contributed by atoms with Gasteiger partial charge in [-0.1, -0.05) is 0 Å². The molecule has 0 saturated carbocycles. The lowest BCUT2D eigenvalue weighted by atomic mass is 10.0. The molecule has 1 aromatic rings. The number of rotatable bonds is 0. The molecular weight excluding hydrogens is 574 g/mol. The Labute approximate surface area is 192 Å². The first-order valence-electron chi connectivity index (χ1n) is 7.89. The molecule has 0 fully saturated rings. The van der Waals surface area contributed by atoms with Gasteiger partial charge in [-0.3, -0.25) is 0 Å². The topological polar surface area (TPSA) is 6.89 Å². The Kier molecular flexibility index (Phi) is 16.8. The van der Waals surface area contributed by atoms with Crippen molar-refractivity contribution in [1.29, 1.82) is 0 Å². The monoisotopic (exact) mass is 610 g/mol. The van der Waals surface area contributed by atoms with Crippen molar-refractivity contribution in [3.05, 3.63) is 39.3 Å². The zero-order valence-corrected chi connectivity index (χ0v) is 23.7. The van der Waals surface area contributed by atoms with Crippen LogP contribution >= 0.6 is 64.2 Å². The zero-order valence-electron chi connectivity index (χ0n) is 17.4. The third-order valence-electron chi connectivity index (χ3n) is 5.43. The van der Waals surface area contributed by atoms with Crippen LogP contribution in [0.1, 0.15) is 55.3 Å². The maximum atomic E-state index is 2.26. The van der Waals surface area contributed by atoms with E-state index in [1.165, 1.54) is 51.5 Å². The van der Waals surface area contributed by atoms with Crippen LogP contribution in [0.2, 0.25) is 0 Å². The van der Waals surface area contributed by atoms with Crippen LogP contribution in [0, 0.1) is 34.6 Å². The van der Waals surface area contributed by atoms with Crippen molar-refractivity contribution in [2.75, 3.05) is 7.05 Å². The molecule has 2 heterocycles. The molecule has 0 aromatic carbocycles. The Hall–Kier alpha value is 0.720. The third-order valence-corrected chi connectivity index (χ3v) is 5.43. The summed E-state index contributed by atoms with van der Waals surface area (Å²) in [6, 6.07) is 0. The summed E-state index contributed by atoms with van der Waals surface area (Å²) in [4.78, 5) is 0. The van der Waals surface area contributed by atoms with E-state index < -0.39 is 0 Å². The normalized spacial score (nSPS) is 12.5. The Balaban J connectivity index is -0.000000336. The highest BCUT2D eigenvalue weighted by molar-refractivity contribution is 15.0. The van der Waals surface area contributed by atoms with Crippen LogP contribution in [0.4, 0.5) is 0 Å². The summed E-state index contributed by atoms with van der Waals surface area (Å²) in [5.74, 6) is 0. The molecule has 1 aromatic heterocycles. The number of nitrogens with zero attached hydrogens (tertiary/aromatic N) is 2. The fourth-order valence-corrected chi connectivity index (χ4v) is 2.78. The molecule has 0 spiro atoms. The zero-order chi connectivity index (χ0) is 18.5. The van der Waals surface area contributed by atoms with E-state index in [2.05, 4.69) is 116 Å². The smallest absolute Gasteiger partial charge is 0.181 e. The van der Waals surface area contributed by atoms with Crippen LogP contribution < -0.4 is 4.57 Å². The SMILES string of the molecule is CC1=C(C)[N+](C)=C(C)C1.Cc1c(C)c(C)[n+](C)c(C)c1C.II.S.S. The number of hydrogen-bond donors (Lipinski definition) is 0. The molecule has 1 aliphatic heterocycles. The molecular formula is C19H36I2N2S2+2. The maximum Gasteiger partial charge on any atom is 0.181 e. The van der Waals surface area contributed by atoms with Gasteiger partial charge in [-0.15, -0.1) is 0 Å². The van der Waals surface area contributed by atoms with Crippen molar-refractivity contribution >= 4 is 69.9 Å². The fourth-order valence-electron chi connectivity index (χ4n) is 2.78. The number of allylic oxidation sites excluding steroid dienone is 2. The van der Waals surface area contributed by atoms with Crippen molar-refractivity contribution in [1.82, 2.24) is 0 Å². The van der Waals surface area contributed by atoms with Crippen molar-refractivity contribution in [2.24, 2.45) is 7.05 Å². The predicted octanol–water partition coefficient (Wildman–Crippen LogP) is 5.84. The molecule has 0 atom stereocenters. The van der Waals surface area contributed by atoms with Crippen LogP contribution in [0.3, 0.4) is 0 Å². The largest absolute Gasteiger partial charge is 0.207 e. The molecule has 0 radical (unpaired) electrons. The van der Waals surface area contributed by atoms with Crippen LogP contribution in [-0.2, 0) is 7.05 Å². The maximum absolute atomic E-state index is 2.26. The van der Waals surface area contributed by atoms with Crippen molar-refractivity contribution in [3.63, 3.8) is 0 Å². The van der Waals surface area contributed by atoms with Gasteiger partial charge >= 0.3 is 0 Å². The molecule has 25 heavy (non-hydrogen) atoms. The van der Waals surface area contributed by atoms with E-state index in [0.717, 1.165) is 0 Å². The second kappa shape index (κ2) is 13.8. The molecule has 146 valence electrons. The molecule has 0 amide bonds. The molecule has 0 N–H and O–H groups in total. The van der Waals surface area contributed by atoms with E-state index in [4.69, 9.17) is 0 Å². The highest BCUT2D eigenvalue weighted by atomic mass is 128. The molecule has 0 aliphatic carbocycles. The highest BCUT2D eigenvalue weighted by Gasteiger charge is 2.19. The quantitative estimate of drug-likeness (QED) is 0.258. The molecule has 2 rings (SSSR count). The minimum Gasteiger partial charge on any atom is -0.207 e. The number of halogens is 2. The van der Waals surface area contributed by atoms with E-state index in [-0.39, 0.29) is 27.0 Å². The minimum atomic E-state index is 0. The molecule has 0 unspecified atom stereocenters. The first-order chi connectivity index (χ1) is 10.6. The lowest BCUT2D eigenvalue weighted by Gasteiger charge is -2.09. The minimum absolute atomic E-state index is 0. The first-order valence-corrected chi connectivity index (χ1v) is 14.2. The van der Waals surface area contributed by atoms with Crippen LogP contribution in [0.15, 0.2) is 11.3 Å². The van der Waals surface area contributed by atoms with Gasteiger partial charge in [0, 0.05) is 81.6 Å². The lowest BCUT2D eigenvalue weighted by Crippen LogP contribution is -2.37. The van der Waals surface area contributed by atoms with E-state index >= 15 is 0 Å². The summed E-state index contributed by atoms with van der Waals surface area (Å²) in [5, 5.41) is 0. The Bertz CT molecular complexity index is 524. The van der Waals surface area contributed by atoms with Gasteiger partial charge in [0.1, 0.15) is 14.1 Å². The van der Waals surface area contributed by atoms with Gasteiger partial charge < -0.3 is 0 Å². The van der Waals surface area contributed by atoms with Gasteiger partial charge in [-0.2, -0.15) is 27.0 Å². The summed E-state index contributed by atoms with van der Waals surface area (Å²) in [5.41, 5.74) is 11.4. The average molecular weight is 610 g/mol. The van der Waals surface area contributed by atoms with Crippen LogP contribution in [0.5, 0.6) is 0 Å². The van der Waals surface area contributed by atoms with E-state index in [1.54, 1.807) is 0 Å². The highest BCUT2D eigenvalue weighted by Crippen LogP contribution is 2.16. The van der Waals surface area contributed by atoms with Gasteiger partial charge in [0.15, 0.2) is 22.8 Å². The number of hydrogen-bond acceptors (Lipinski definition) is 0. The van der Waals surface area contributed by atoms with Crippen molar-refractivity contribution in [2.45, 2.75) is 61.8 Å². The van der Waals surface area contributed by atoms with Crippen molar-refractivity contribution < 1.29 is 9.14 Å². The molecule has 1 aliphatic rings. The number of aromatic nitrogens is 1. The van der Waals surface area contributed by atoms with Crippen LogP contribution in [0.25, 0.3) is 0 Å². The second-order valence-electron chi connectivity index (χ2n) is 6.44. The van der Waals surface area contributed by atoms with E-state index in [1.807, 2.05) is 0 Å². The number of pyridine rings is 1. The predicted molar refractivity (Wildman–Crippen MR) is 140 cm³/mol. The van der Waals surface area contributed by atoms with E-state index in [0.29, 0.717) is 0 Å². The third kappa shape index (κ3) is 7.70. The van der Waals surface area contributed by atoms with E-state index in [9.17, 15) is 0 Å². The molecule has 0 saturated heterocycles. The summed E-state index contributed by atoms with van der Waals surface area (Å²) >= 11 is 4.24. The van der Waals surface area contributed by atoms with Gasteiger partial charge in [-0.05, 0) is 33.3 Å². The summed E-state index contributed by atoms with van der Waals surface area (Å²) in [6.07, 6.45) is 1.17. The van der Waals surface area contributed by atoms with Gasteiger partial charge in [0.05, 0.1) is 6.42 Å². The van der Waals surface area contributed by atoms with Gasteiger partial charge in [-0.25, -0.2) is 9.14 Å². The van der Waals surface area contributed by atoms with Crippen LogP contribution in [-0.4, -0.2) is 17.3 Å². The fraction of sp³-hybridized carbons (Fsp3) is 0.579. The van der Waals surface area contributed by atoms with Gasteiger partial charge in [0.25, 0.3) is 0 Å². The lowest BCUT2D eigenvalue weighted by molar-refractivity contribution is -0.684. The second-order valence-corrected chi connectivity index (χ2v) is 6.44. The molecule has 0 bridgehead atoms. The Morgan fingerprint density at radius 2 is 1.04 bits per heavy atom. The average Bonchev–Trinajstić information content (AvgIpc) is 2.78. The Morgan fingerprint density at radius 3 is 1.24 bits per heavy atom. The molecule has 2 nitrogen and oxygen atoms in total.